The fourth-order valence-electron chi connectivity index (χ4n) is 2.18. The second-order valence-electron chi connectivity index (χ2n) is 4.10. The molecular formula is C12H18N2O2. The molecule has 0 radical (unpaired) electrons. The summed E-state index contributed by atoms with van der Waals surface area (Å²) < 4.78 is 11.2. The van der Waals surface area contributed by atoms with Crippen molar-refractivity contribution >= 4 is 0 Å². The normalized spacial score (nSPS) is 17.1. The highest BCUT2D eigenvalue weighted by molar-refractivity contribution is 5.38. The van der Waals surface area contributed by atoms with Gasteiger partial charge in [-0.15, -0.1) is 0 Å². The van der Waals surface area contributed by atoms with Crippen LogP contribution in [0, 0.1) is 20.8 Å². The second kappa shape index (κ2) is 4.31. The van der Waals surface area contributed by atoms with Crippen LogP contribution in [0.1, 0.15) is 35.1 Å². The van der Waals surface area contributed by atoms with E-state index < -0.39 is 0 Å². The monoisotopic (exact) mass is 222 g/mol. The lowest BCUT2D eigenvalue weighted by Gasteiger charge is -2.17. The number of hydrazine groups is 1. The van der Waals surface area contributed by atoms with E-state index in [9.17, 15) is 0 Å². The standard InChI is InChI=1S/C12H18N2O2/c1-7-8(2)16-9(3)11(7)12(14-13)10-5-4-6-15-10/h5,12,14H,4,6,13H2,1-3H3. The molecule has 1 aliphatic rings. The highest BCUT2D eigenvalue weighted by Crippen LogP contribution is 2.33. The summed E-state index contributed by atoms with van der Waals surface area (Å²) in [6, 6.07) is -0.0973. The van der Waals surface area contributed by atoms with Gasteiger partial charge < -0.3 is 9.15 Å². The summed E-state index contributed by atoms with van der Waals surface area (Å²) in [5.74, 6) is 8.35. The van der Waals surface area contributed by atoms with E-state index in [4.69, 9.17) is 15.0 Å². The lowest BCUT2D eigenvalue weighted by molar-refractivity contribution is 0.215. The van der Waals surface area contributed by atoms with Crippen molar-refractivity contribution in [2.45, 2.75) is 33.2 Å². The Labute approximate surface area is 95.4 Å². The maximum Gasteiger partial charge on any atom is 0.115 e. The van der Waals surface area contributed by atoms with Crippen molar-refractivity contribution in [3.05, 3.63) is 34.5 Å². The fraction of sp³-hybridized carbons (Fsp3) is 0.500. The van der Waals surface area contributed by atoms with E-state index in [2.05, 4.69) is 11.5 Å². The van der Waals surface area contributed by atoms with Crippen LogP contribution in [-0.4, -0.2) is 6.61 Å². The number of nitrogens with two attached hydrogens (primary N) is 1. The quantitative estimate of drug-likeness (QED) is 0.606. The molecule has 1 aromatic heterocycles. The molecule has 16 heavy (non-hydrogen) atoms. The minimum atomic E-state index is -0.0973. The average molecular weight is 222 g/mol. The Kier molecular flexibility index (Phi) is 3.03. The fourth-order valence-corrected chi connectivity index (χ4v) is 2.18. The van der Waals surface area contributed by atoms with Crippen LogP contribution < -0.4 is 11.3 Å². The Bertz CT molecular complexity index is 421. The first-order chi connectivity index (χ1) is 7.65. The van der Waals surface area contributed by atoms with Crippen molar-refractivity contribution in [1.82, 2.24) is 5.43 Å². The van der Waals surface area contributed by atoms with E-state index in [1.807, 2.05) is 20.8 Å². The smallest absolute Gasteiger partial charge is 0.115 e. The maximum absolute atomic E-state index is 5.62. The van der Waals surface area contributed by atoms with Gasteiger partial charge in [-0.2, -0.15) is 0 Å². The van der Waals surface area contributed by atoms with Gasteiger partial charge in [-0.25, -0.2) is 5.43 Å². The Hall–Kier alpha value is -1.26. The highest BCUT2D eigenvalue weighted by atomic mass is 16.5. The summed E-state index contributed by atoms with van der Waals surface area (Å²) in [6.45, 7) is 6.70. The molecule has 2 heterocycles. The predicted octanol–water partition coefficient (Wildman–Crippen LogP) is 2.01. The van der Waals surface area contributed by atoms with Gasteiger partial charge in [0, 0.05) is 12.0 Å². The molecule has 1 aliphatic heterocycles. The third-order valence-corrected chi connectivity index (χ3v) is 3.09. The molecule has 0 spiro atoms. The number of nitrogens with one attached hydrogen (secondary N) is 1. The second-order valence-corrected chi connectivity index (χ2v) is 4.10. The Balaban J connectivity index is 2.40. The van der Waals surface area contributed by atoms with Gasteiger partial charge in [0.15, 0.2) is 0 Å². The van der Waals surface area contributed by atoms with Gasteiger partial charge in [0.1, 0.15) is 23.3 Å². The third kappa shape index (κ3) is 1.74. The molecule has 0 saturated carbocycles. The summed E-state index contributed by atoms with van der Waals surface area (Å²) in [4.78, 5) is 0. The van der Waals surface area contributed by atoms with E-state index in [1.54, 1.807) is 0 Å². The summed E-state index contributed by atoms with van der Waals surface area (Å²) >= 11 is 0. The van der Waals surface area contributed by atoms with E-state index in [1.165, 1.54) is 0 Å². The molecule has 1 atom stereocenters. The lowest BCUT2D eigenvalue weighted by atomic mass is 10.0. The van der Waals surface area contributed by atoms with Crippen molar-refractivity contribution in [2.75, 3.05) is 6.61 Å². The van der Waals surface area contributed by atoms with Crippen LogP contribution >= 0.6 is 0 Å². The Morgan fingerprint density at radius 2 is 2.06 bits per heavy atom. The predicted molar refractivity (Wildman–Crippen MR) is 61.6 cm³/mol. The topological polar surface area (TPSA) is 60.4 Å². The Morgan fingerprint density at radius 1 is 1.31 bits per heavy atom. The summed E-state index contributed by atoms with van der Waals surface area (Å²) in [6.07, 6.45) is 3.02. The molecule has 3 N–H and O–H groups in total. The SMILES string of the molecule is Cc1oc(C)c(C(NN)C2=CCCO2)c1C. The molecular weight excluding hydrogens is 204 g/mol. The van der Waals surface area contributed by atoms with Gasteiger partial charge in [-0.05, 0) is 32.4 Å². The minimum absolute atomic E-state index is 0.0973. The van der Waals surface area contributed by atoms with Gasteiger partial charge >= 0.3 is 0 Å². The van der Waals surface area contributed by atoms with Crippen LogP contribution in [0.3, 0.4) is 0 Å². The van der Waals surface area contributed by atoms with E-state index in [0.717, 1.165) is 41.4 Å². The minimum Gasteiger partial charge on any atom is -0.496 e. The lowest BCUT2D eigenvalue weighted by Crippen LogP contribution is -2.30. The highest BCUT2D eigenvalue weighted by Gasteiger charge is 2.26. The average Bonchev–Trinajstić information content (AvgIpc) is 2.84. The first-order valence-corrected chi connectivity index (χ1v) is 5.50. The number of hydrogen-bond acceptors (Lipinski definition) is 4. The zero-order chi connectivity index (χ0) is 11.7. The Morgan fingerprint density at radius 3 is 2.50 bits per heavy atom. The van der Waals surface area contributed by atoms with Gasteiger partial charge in [-0.3, -0.25) is 5.84 Å². The van der Waals surface area contributed by atoms with Crippen molar-refractivity contribution < 1.29 is 9.15 Å². The first-order valence-electron chi connectivity index (χ1n) is 5.50. The van der Waals surface area contributed by atoms with Crippen molar-refractivity contribution in [3.8, 4) is 0 Å². The molecule has 88 valence electrons. The van der Waals surface area contributed by atoms with E-state index in [-0.39, 0.29) is 6.04 Å². The number of rotatable bonds is 3. The van der Waals surface area contributed by atoms with Crippen LogP contribution in [0.4, 0.5) is 0 Å². The molecule has 0 amide bonds. The van der Waals surface area contributed by atoms with Gasteiger partial charge in [0.2, 0.25) is 0 Å². The molecule has 0 aliphatic carbocycles. The molecule has 2 rings (SSSR count). The number of furan rings is 1. The van der Waals surface area contributed by atoms with Gasteiger partial charge in [-0.1, -0.05) is 0 Å². The molecule has 1 unspecified atom stereocenters. The van der Waals surface area contributed by atoms with Crippen LogP contribution in [0.2, 0.25) is 0 Å². The van der Waals surface area contributed by atoms with E-state index in [0.29, 0.717) is 0 Å². The molecule has 0 bridgehead atoms. The maximum atomic E-state index is 5.62. The molecule has 0 saturated heterocycles. The van der Waals surface area contributed by atoms with Crippen LogP contribution in [0.15, 0.2) is 16.3 Å². The van der Waals surface area contributed by atoms with Crippen molar-refractivity contribution in [3.63, 3.8) is 0 Å². The van der Waals surface area contributed by atoms with Gasteiger partial charge in [0.25, 0.3) is 0 Å². The zero-order valence-electron chi connectivity index (χ0n) is 9.96. The molecule has 0 aromatic carbocycles. The summed E-state index contributed by atoms with van der Waals surface area (Å²) in [5.41, 5.74) is 5.03. The number of aryl methyl sites for hydroxylation is 2. The summed E-state index contributed by atoms with van der Waals surface area (Å²) in [7, 11) is 0. The molecule has 4 heteroatoms. The molecule has 1 aromatic rings. The number of hydrogen-bond donors (Lipinski definition) is 2. The zero-order valence-corrected chi connectivity index (χ0v) is 9.96. The van der Waals surface area contributed by atoms with Crippen molar-refractivity contribution in [2.24, 2.45) is 5.84 Å². The van der Waals surface area contributed by atoms with Crippen LogP contribution in [-0.2, 0) is 4.74 Å². The summed E-state index contributed by atoms with van der Waals surface area (Å²) in [5, 5.41) is 0. The van der Waals surface area contributed by atoms with E-state index >= 15 is 0 Å². The van der Waals surface area contributed by atoms with Crippen LogP contribution in [0.25, 0.3) is 0 Å². The molecule has 0 fully saturated rings. The first kappa shape index (κ1) is 11.2. The number of ether oxygens (including phenoxy) is 1. The third-order valence-electron chi connectivity index (χ3n) is 3.09. The molecule has 4 nitrogen and oxygen atoms in total. The van der Waals surface area contributed by atoms with Crippen molar-refractivity contribution in [1.29, 1.82) is 0 Å². The van der Waals surface area contributed by atoms with Crippen LogP contribution in [0.5, 0.6) is 0 Å². The van der Waals surface area contributed by atoms with Gasteiger partial charge in [0.05, 0.1) is 6.61 Å². The largest absolute Gasteiger partial charge is 0.496 e.